The summed E-state index contributed by atoms with van der Waals surface area (Å²) >= 11 is 0. The molecule has 0 fully saturated rings. The highest BCUT2D eigenvalue weighted by Gasteiger charge is 2.37. The summed E-state index contributed by atoms with van der Waals surface area (Å²) in [5, 5.41) is 0. The van der Waals surface area contributed by atoms with E-state index in [4.69, 9.17) is 9.47 Å². The van der Waals surface area contributed by atoms with Crippen LogP contribution in [0.3, 0.4) is 0 Å². The van der Waals surface area contributed by atoms with Crippen LogP contribution in [0.25, 0.3) is 0 Å². The van der Waals surface area contributed by atoms with E-state index < -0.39 is 0 Å². The van der Waals surface area contributed by atoms with Crippen molar-refractivity contribution in [3.8, 4) is 0 Å². The summed E-state index contributed by atoms with van der Waals surface area (Å²) in [5.74, 6) is 0.167. The minimum absolute atomic E-state index is 0.0203. The zero-order valence-electron chi connectivity index (χ0n) is 52.7. The Balaban J connectivity index is 1.73. The molecule has 440 valence electrons. The summed E-state index contributed by atoms with van der Waals surface area (Å²) in [6.07, 6.45) is 82.4. The minimum atomic E-state index is -0.161. The number of ether oxygens (including phenoxy) is 2. The lowest BCUT2D eigenvalue weighted by Gasteiger charge is -2.40. The van der Waals surface area contributed by atoms with Crippen LogP contribution >= 0.6 is 0 Å². The second-order valence-corrected chi connectivity index (χ2v) is 23.8. The van der Waals surface area contributed by atoms with Crippen LogP contribution < -0.4 is 0 Å². The molecule has 3 atom stereocenters. The first-order valence-corrected chi connectivity index (χ1v) is 31.2. The van der Waals surface area contributed by atoms with Crippen molar-refractivity contribution in [3.05, 3.63) is 203 Å². The van der Waals surface area contributed by atoms with Crippen molar-refractivity contribution in [1.82, 2.24) is 0 Å². The smallest absolute Gasteiger partial charge is 0.306 e. The van der Waals surface area contributed by atoms with Gasteiger partial charge in [-0.1, -0.05) is 271 Å². The Morgan fingerprint density at radius 3 is 1.43 bits per heavy atom. The van der Waals surface area contributed by atoms with Crippen LogP contribution in [-0.4, -0.2) is 24.1 Å². The third-order valence-corrected chi connectivity index (χ3v) is 14.9. The summed E-state index contributed by atoms with van der Waals surface area (Å²) in [6, 6.07) is 0. The lowest BCUT2D eigenvalue weighted by molar-refractivity contribution is -0.151. The monoisotopic (exact) mass is 1090 g/mol. The van der Waals surface area contributed by atoms with Crippen LogP contribution in [-0.2, 0) is 19.1 Å². The van der Waals surface area contributed by atoms with E-state index in [1.807, 2.05) is 0 Å². The molecule has 0 saturated carbocycles. The molecule has 0 aromatic rings. The molecule has 2 rings (SSSR count). The zero-order valence-corrected chi connectivity index (χ0v) is 52.7. The van der Waals surface area contributed by atoms with Gasteiger partial charge >= 0.3 is 11.9 Å². The molecule has 0 aromatic carbocycles. The van der Waals surface area contributed by atoms with Crippen LogP contribution in [0.4, 0.5) is 0 Å². The molecule has 0 unspecified atom stereocenters. The molecule has 0 radical (unpaired) electrons. The number of carbonyl (C=O) groups is 2. The van der Waals surface area contributed by atoms with Crippen LogP contribution in [0.15, 0.2) is 203 Å². The fourth-order valence-electron chi connectivity index (χ4n) is 10.5. The number of hydrogen-bond acceptors (Lipinski definition) is 4. The molecule has 0 amide bonds. The Hall–Kier alpha value is -5.48. The van der Waals surface area contributed by atoms with Crippen molar-refractivity contribution >= 4 is 11.9 Å². The van der Waals surface area contributed by atoms with Gasteiger partial charge in [-0.2, -0.15) is 0 Å². The molecule has 4 nitrogen and oxygen atoms in total. The number of unbranched alkanes of at least 4 members (excludes halogenated alkanes) is 10. The highest BCUT2D eigenvalue weighted by atomic mass is 16.5. The quantitative estimate of drug-likeness (QED) is 0.0268. The molecule has 0 saturated heterocycles. The van der Waals surface area contributed by atoms with Gasteiger partial charge in [-0.25, -0.2) is 0 Å². The lowest BCUT2D eigenvalue weighted by Crippen LogP contribution is -2.34. The highest BCUT2D eigenvalue weighted by Crippen LogP contribution is 2.44. The van der Waals surface area contributed by atoms with Crippen LogP contribution in [0.5, 0.6) is 0 Å². The average molecular weight is 1090 g/mol. The molecule has 2 aliphatic rings. The fraction of sp³-hybridized carbons (Fsp3) is 0.526. The molecular formula is C76H112O4. The van der Waals surface area contributed by atoms with Gasteiger partial charge in [0.15, 0.2) is 0 Å². The molecule has 0 N–H and O–H groups in total. The number of allylic oxidation sites excluding steroid dienone is 32. The molecule has 0 bridgehead atoms. The Labute approximate surface area is 491 Å². The number of carbonyl (C=O) groups excluding carboxylic acids is 2. The maximum absolute atomic E-state index is 12.8. The fourth-order valence-corrected chi connectivity index (χ4v) is 10.5. The van der Waals surface area contributed by atoms with Crippen LogP contribution in [0.1, 0.15) is 231 Å². The molecule has 0 heterocycles. The van der Waals surface area contributed by atoms with Gasteiger partial charge in [-0.05, 0) is 154 Å². The Kier molecular flexibility index (Phi) is 38.2. The van der Waals surface area contributed by atoms with Crippen LogP contribution in [0, 0.1) is 16.7 Å². The van der Waals surface area contributed by atoms with Gasteiger partial charge < -0.3 is 9.47 Å². The highest BCUT2D eigenvalue weighted by molar-refractivity contribution is 5.70. The van der Waals surface area contributed by atoms with Gasteiger partial charge in [-0.3, -0.25) is 9.59 Å². The third-order valence-electron chi connectivity index (χ3n) is 14.9. The SMILES string of the molecule is CC/C=C\C/C=C\C/C=C\CCCCCCCC(=O)O[C@@H]1CC(C)=C(/C=C/C(C)=C/C=C/C(C)=C/C=C/C=C(C)/C=C/C=C(C)/C=C/[C@H]2C(C)=C[C@H](OC(=O)CCCCCCC/C=C\C/C=C\C/C=C\CC)CC2(C)C)C(C)(C)C1. The first-order valence-electron chi connectivity index (χ1n) is 31.2. The third kappa shape index (κ3) is 34.6. The zero-order chi connectivity index (χ0) is 58.7. The van der Waals surface area contributed by atoms with Crippen molar-refractivity contribution in [2.45, 2.75) is 243 Å². The van der Waals surface area contributed by atoms with Crippen molar-refractivity contribution < 1.29 is 19.1 Å². The van der Waals surface area contributed by atoms with Gasteiger partial charge in [-0.15, -0.1) is 0 Å². The summed E-state index contributed by atoms with van der Waals surface area (Å²) in [7, 11) is 0. The predicted octanol–water partition coefficient (Wildman–Crippen LogP) is 22.7. The van der Waals surface area contributed by atoms with Gasteiger partial charge in [0, 0.05) is 25.2 Å². The second kappa shape index (κ2) is 43.3. The summed E-state index contributed by atoms with van der Waals surface area (Å²) in [5.41, 5.74) is 8.54. The largest absolute Gasteiger partial charge is 0.462 e. The summed E-state index contributed by atoms with van der Waals surface area (Å²) < 4.78 is 12.0. The summed E-state index contributed by atoms with van der Waals surface area (Å²) in [6.45, 7) is 26.3. The van der Waals surface area contributed by atoms with Crippen LogP contribution in [0.2, 0.25) is 0 Å². The van der Waals surface area contributed by atoms with Crippen molar-refractivity contribution in [1.29, 1.82) is 0 Å². The van der Waals surface area contributed by atoms with E-state index >= 15 is 0 Å². The standard InChI is InChI=1S/C76H112O4/c1-13-15-17-19-21-23-25-27-29-31-33-35-37-39-41-53-73(77)79-69-59-67(7)71(75(9,10)61-69)57-55-65(5)51-45-49-63(3)47-43-44-48-64(4)50-46-52-66(6)56-58-72-68(8)60-70(62-76(72,11)12)80-74(78)54-42-40-38-36-34-32-30-28-26-24-22-20-18-16-14-2/h15-18,21-24,27-30,43-52,55-59,69-71H,13-14,19-20,25-26,31-42,53-54,60-62H2,1-12H3/b17-15-,18-16-,23-21-,24-22-,29-27-,30-28-,44-43+,49-45+,50-46+,57-55+,58-56+,63-47+,64-48+,65-51+,66-52+/t69-,70+,71-/m0/s1. The van der Waals surface area contributed by atoms with Gasteiger partial charge in [0.05, 0.1) is 0 Å². The minimum Gasteiger partial charge on any atom is -0.462 e. The van der Waals surface area contributed by atoms with Gasteiger partial charge in [0.2, 0.25) is 0 Å². The normalized spacial score (nSPS) is 20.1. The maximum atomic E-state index is 12.8. The predicted molar refractivity (Wildman–Crippen MR) is 350 cm³/mol. The molecular weight excluding hydrogens is 977 g/mol. The topological polar surface area (TPSA) is 52.6 Å². The van der Waals surface area contributed by atoms with E-state index in [0.29, 0.717) is 12.8 Å². The lowest BCUT2D eigenvalue weighted by atomic mass is 9.67. The van der Waals surface area contributed by atoms with Crippen molar-refractivity contribution in [2.75, 3.05) is 0 Å². The number of rotatable bonds is 38. The molecule has 0 aromatic heterocycles. The average Bonchev–Trinajstić information content (AvgIpc) is 3.40. The summed E-state index contributed by atoms with van der Waals surface area (Å²) in [4.78, 5) is 25.6. The molecule has 0 aliphatic heterocycles. The van der Waals surface area contributed by atoms with Gasteiger partial charge in [0.1, 0.15) is 12.2 Å². The van der Waals surface area contributed by atoms with E-state index in [2.05, 4.69) is 247 Å². The Morgan fingerprint density at radius 1 is 0.512 bits per heavy atom. The molecule has 0 spiro atoms. The number of esters is 2. The van der Waals surface area contributed by atoms with Crippen molar-refractivity contribution in [2.24, 2.45) is 16.7 Å². The Morgan fingerprint density at radius 2 is 0.938 bits per heavy atom. The molecule has 80 heavy (non-hydrogen) atoms. The molecule has 2 aliphatic carbocycles. The second-order valence-electron chi connectivity index (χ2n) is 23.8. The number of hydrogen-bond donors (Lipinski definition) is 0. The first-order chi connectivity index (χ1) is 38.5. The Bertz CT molecular complexity index is 2340. The van der Waals surface area contributed by atoms with Gasteiger partial charge in [0.25, 0.3) is 0 Å². The van der Waals surface area contributed by atoms with Crippen molar-refractivity contribution in [3.63, 3.8) is 0 Å². The van der Waals surface area contributed by atoms with E-state index in [1.54, 1.807) is 0 Å². The van der Waals surface area contributed by atoms with E-state index in [9.17, 15) is 9.59 Å². The molecule has 4 heteroatoms. The van der Waals surface area contributed by atoms with E-state index in [1.165, 1.54) is 77.5 Å². The first kappa shape index (κ1) is 70.6. The van der Waals surface area contributed by atoms with E-state index in [0.717, 1.165) is 96.3 Å². The maximum Gasteiger partial charge on any atom is 0.306 e. The van der Waals surface area contributed by atoms with E-state index in [-0.39, 0.29) is 40.9 Å².